The number of carboxylic acids is 1. The number of carbonyl (C=O) groups is 1. The first-order valence-corrected chi connectivity index (χ1v) is 10.8. The Morgan fingerprint density at radius 1 is 0.970 bits per heavy atom. The predicted octanol–water partition coefficient (Wildman–Crippen LogP) is 6.09. The highest BCUT2D eigenvalue weighted by Crippen LogP contribution is 2.31. The molecule has 3 aromatic carbocycles. The zero-order valence-electron chi connectivity index (χ0n) is 18.1. The lowest BCUT2D eigenvalue weighted by molar-refractivity contribution is 0.0698. The van der Waals surface area contributed by atoms with Crippen LogP contribution in [-0.4, -0.2) is 25.8 Å². The Morgan fingerprint density at radius 2 is 1.79 bits per heavy atom. The van der Waals surface area contributed by atoms with Gasteiger partial charge in [-0.3, -0.25) is 4.98 Å². The van der Waals surface area contributed by atoms with Crippen molar-refractivity contribution in [3.63, 3.8) is 0 Å². The second kappa shape index (κ2) is 8.59. The van der Waals surface area contributed by atoms with Crippen molar-refractivity contribution >= 4 is 28.4 Å². The SMILES string of the molecule is CCc1cccc(-c2cc(Nc3ccccc3C(=O)O)n(-c3ccnc4ccccc34)n2)c1. The number of nitrogens with one attached hydrogen (secondary N) is 1. The van der Waals surface area contributed by atoms with Gasteiger partial charge in [-0.1, -0.05) is 55.5 Å². The van der Waals surface area contributed by atoms with Gasteiger partial charge in [-0.2, -0.15) is 5.10 Å². The predicted molar refractivity (Wildman–Crippen MR) is 130 cm³/mol. The maximum absolute atomic E-state index is 11.8. The molecule has 0 amide bonds. The van der Waals surface area contributed by atoms with Crippen LogP contribution in [0.5, 0.6) is 0 Å². The summed E-state index contributed by atoms with van der Waals surface area (Å²) in [5, 5.41) is 18.8. The molecular weight excluding hydrogens is 412 g/mol. The van der Waals surface area contributed by atoms with Crippen molar-refractivity contribution in [1.29, 1.82) is 0 Å². The van der Waals surface area contributed by atoms with Crippen molar-refractivity contribution in [3.8, 4) is 16.9 Å². The molecule has 2 heterocycles. The second-order valence-corrected chi connectivity index (χ2v) is 7.70. The molecule has 0 aliphatic rings. The maximum Gasteiger partial charge on any atom is 0.337 e. The summed E-state index contributed by atoms with van der Waals surface area (Å²) in [6.07, 6.45) is 2.69. The lowest BCUT2D eigenvalue weighted by Crippen LogP contribution is -2.07. The fourth-order valence-corrected chi connectivity index (χ4v) is 3.93. The van der Waals surface area contributed by atoms with E-state index in [2.05, 4.69) is 29.4 Å². The molecule has 0 radical (unpaired) electrons. The largest absolute Gasteiger partial charge is 0.478 e. The summed E-state index contributed by atoms with van der Waals surface area (Å²) in [6, 6.07) is 26.9. The molecule has 0 saturated carbocycles. The number of nitrogens with zero attached hydrogens (tertiary/aromatic N) is 3. The normalized spacial score (nSPS) is 10.9. The number of anilines is 2. The first-order chi connectivity index (χ1) is 16.1. The number of hydrogen-bond donors (Lipinski definition) is 2. The van der Waals surface area contributed by atoms with Crippen LogP contribution < -0.4 is 5.32 Å². The monoisotopic (exact) mass is 434 g/mol. The summed E-state index contributed by atoms with van der Waals surface area (Å²) in [5.41, 5.74) is 5.42. The Morgan fingerprint density at radius 3 is 2.64 bits per heavy atom. The van der Waals surface area contributed by atoms with Crippen LogP contribution in [0.2, 0.25) is 0 Å². The molecule has 0 aliphatic heterocycles. The number of hydrogen-bond acceptors (Lipinski definition) is 4. The summed E-state index contributed by atoms with van der Waals surface area (Å²) in [6.45, 7) is 2.12. The van der Waals surface area contributed by atoms with E-state index in [4.69, 9.17) is 5.10 Å². The number of pyridine rings is 1. The van der Waals surface area contributed by atoms with Gasteiger partial charge in [0.15, 0.2) is 0 Å². The highest BCUT2D eigenvalue weighted by Gasteiger charge is 2.17. The van der Waals surface area contributed by atoms with Crippen LogP contribution in [0.1, 0.15) is 22.8 Å². The van der Waals surface area contributed by atoms with Crippen molar-refractivity contribution in [1.82, 2.24) is 14.8 Å². The number of carboxylic acid groups (broad SMARTS) is 1. The highest BCUT2D eigenvalue weighted by atomic mass is 16.4. The van der Waals surface area contributed by atoms with Crippen LogP contribution in [0.15, 0.2) is 91.1 Å². The summed E-state index contributed by atoms with van der Waals surface area (Å²) in [7, 11) is 0. The number of aromatic nitrogens is 3. The van der Waals surface area contributed by atoms with Crippen LogP contribution in [0.3, 0.4) is 0 Å². The zero-order valence-corrected chi connectivity index (χ0v) is 18.1. The first-order valence-electron chi connectivity index (χ1n) is 10.8. The van der Waals surface area contributed by atoms with E-state index in [1.54, 1.807) is 24.4 Å². The Labute approximate surface area is 191 Å². The first kappa shape index (κ1) is 20.5. The second-order valence-electron chi connectivity index (χ2n) is 7.70. The highest BCUT2D eigenvalue weighted by molar-refractivity contribution is 5.95. The van der Waals surface area contributed by atoms with Crippen molar-refractivity contribution in [3.05, 3.63) is 102 Å². The number of benzene rings is 3. The third kappa shape index (κ3) is 3.94. The smallest absolute Gasteiger partial charge is 0.337 e. The quantitative estimate of drug-likeness (QED) is 0.338. The molecule has 0 spiro atoms. The molecule has 33 heavy (non-hydrogen) atoms. The van der Waals surface area contributed by atoms with E-state index < -0.39 is 5.97 Å². The molecule has 5 aromatic rings. The topological polar surface area (TPSA) is 80.0 Å². The molecule has 162 valence electrons. The molecule has 0 fully saturated rings. The van der Waals surface area contributed by atoms with Crippen molar-refractivity contribution in [2.24, 2.45) is 0 Å². The summed E-state index contributed by atoms with van der Waals surface area (Å²) >= 11 is 0. The standard InChI is InChI=1S/C27H22N4O2/c1-2-18-8-7-9-19(16-18)24-17-26(29-23-13-6-4-11-21(23)27(32)33)31(30-24)25-14-15-28-22-12-5-3-10-20(22)25/h3-17,29H,2H2,1H3,(H,32,33). The molecule has 2 aromatic heterocycles. The molecule has 0 saturated heterocycles. The molecule has 0 aliphatic carbocycles. The fourth-order valence-electron chi connectivity index (χ4n) is 3.93. The number of para-hydroxylation sites is 2. The summed E-state index contributed by atoms with van der Waals surface area (Å²) < 4.78 is 1.82. The molecular formula is C27H22N4O2. The fraction of sp³-hybridized carbons (Fsp3) is 0.0741. The van der Waals surface area contributed by atoms with Crippen molar-refractivity contribution in [2.45, 2.75) is 13.3 Å². The van der Waals surface area contributed by atoms with Crippen molar-refractivity contribution in [2.75, 3.05) is 5.32 Å². The van der Waals surface area contributed by atoms with Crippen LogP contribution in [-0.2, 0) is 6.42 Å². The summed E-state index contributed by atoms with van der Waals surface area (Å²) in [5.74, 6) is -0.327. The minimum atomic E-state index is -0.991. The van der Waals surface area contributed by atoms with Gasteiger partial charge in [0, 0.05) is 23.2 Å². The molecule has 2 N–H and O–H groups in total. The Hall–Kier alpha value is -4.45. The molecule has 0 bridgehead atoms. The van der Waals surface area contributed by atoms with E-state index in [1.165, 1.54) is 5.56 Å². The number of fused-ring (bicyclic) bond motifs is 1. The van der Waals surface area contributed by atoms with E-state index >= 15 is 0 Å². The summed E-state index contributed by atoms with van der Waals surface area (Å²) in [4.78, 5) is 16.2. The lowest BCUT2D eigenvalue weighted by Gasteiger charge is -2.13. The van der Waals surface area contributed by atoms with Crippen LogP contribution in [0.25, 0.3) is 27.8 Å². The van der Waals surface area contributed by atoms with Gasteiger partial charge in [0.25, 0.3) is 0 Å². The van der Waals surface area contributed by atoms with Gasteiger partial charge in [-0.05, 0) is 42.3 Å². The minimum absolute atomic E-state index is 0.194. The molecule has 0 atom stereocenters. The van der Waals surface area contributed by atoms with E-state index in [-0.39, 0.29) is 5.56 Å². The van der Waals surface area contributed by atoms with Crippen LogP contribution >= 0.6 is 0 Å². The van der Waals surface area contributed by atoms with Gasteiger partial charge < -0.3 is 10.4 Å². The Bertz CT molecular complexity index is 1470. The third-order valence-corrected chi connectivity index (χ3v) is 5.61. The van der Waals surface area contributed by atoms with Gasteiger partial charge in [0.1, 0.15) is 5.82 Å². The van der Waals surface area contributed by atoms with Gasteiger partial charge in [0.05, 0.1) is 28.1 Å². The van der Waals surface area contributed by atoms with Crippen molar-refractivity contribution < 1.29 is 9.90 Å². The van der Waals surface area contributed by atoms with E-state index in [1.807, 2.05) is 59.3 Å². The van der Waals surface area contributed by atoms with Gasteiger partial charge in [0.2, 0.25) is 0 Å². The molecule has 0 unspecified atom stereocenters. The van der Waals surface area contributed by atoms with Gasteiger partial charge >= 0.3 is 5.97 Å². The Balaban J connectivity index is 1.70. The average Bonchev–Trinajstić information content (AvgIpc) is 3.27. The van der Waals surface area contributed by atoms with Crippen LogP contribution in [0.4, 0.5) is 11.5 Å². The maximum atomic E-state index is 11.8. The lowest BCUT2D eigenvalue weighted by atomic mass is 10.1. The van der Waals surface area contributed by atoms with Gasteiger partial charge in [-0.15, -0.1) is 0 Å². The number of rotatable bonds is 6. The van der Waals surface area contributed by atoms with E-state index in [9.17, 15) is 9.90 Å². The zero-order chi connectivity index (χ0) is 22.8. The number of aromatic carboxylic acids is 1. The van der Waals surface area contributed by atoms with Gasteiger partial charge in [-0.25, -0.2) is 9.48 Å². The van der Waals surface area contributed by atoms with E-state index in [0.717, 1.165) is 34.3 Å². The average molecular weight is 434 g/mol. The molecule has 5 rings (SSSR count). The Kier molecular flexibility index (Phi) is 5.32. The minimum Gasteiger partial charge on any atom is -0.478 e. The van der Waals surface area contributed by atoms with Crippen LogP contribution in [0, 0.1) is 0 Å². The molecule has 6 heteroatoms. The number of aryl methyl sites for hydroxylation is 1. The van der Waals surface area contributed by atoms with E-state index in [0.29, 0.717) is 11.5 Å². The molecule has 6 nitrogen and oxygen atoms in total. The third-order valence-electron chi connectivity index (χ3n) is 5.61.